The van der Waals surface area contributed by atoms with Gasteiger partial charge in [0.15, 0.2) is 0 Å². The van der Waals surface area contributed by atoms with Gasteiger partial charge in [-0.1, -0.05) is 31.2 Å². The van der Waals surface area contributed by atoms with Gasteiger partial charge in [0.25, 0.3) is 0 Å². The predicted octanol–water partition coefficient (Wildman–Crippen LogP) is 2.40. The van der Waals surface area contributed by atoms with E-state index in [-0.39, 0.29) is 0 Å². The first-order chi connectivity index (χ1) is 7.74. The predicted molar refractivity (Wildman–Crippen MR) is 62.0 cm³/mol. The van der Waals surface area contributed by atoms with Gasteiger partial charge in [-0.2, -0.15) is 0 Å². The van der Waals surface area contributed by atoms with Crippen molar-refractivity contribution in [3.05, 3.63) is 36.2 Å². The van der Waals surface area contributed by atoms with Crippen molar-refractivity contribution in [2.45, 2.75) is 19.8 Å². The smallest absolute Gasteiger partial charge is 0.148 e. The first-order valence-corrected chi connectivity index (χ1v) is 5.27. The number of ether oxygens (including phenoxy) is 1. The first-order valence-electron chi connectivity index (χ1n) is 5.27. The molecule has 2 rings (SSSR count). The van der Waals surface area contributed by atoms with Crippen molar-refractivity contribution in [3.63, 3.8) is 0 Å². The fourth-order valence-electron chi connectivity index (χ4n) is 1.74. The van der Waals surface area contributed by atoms with Gasteiger partial charge in [0.2, 0.25) is 0 Å². The Morgan fingerprint density at radius 2 is 2.12 bits per heavy atom. The normalized spacial score (nSPS) is 10.8. The standard InChI is InChI=1S/C12H15N3O/c1-9(2)10-5-4-6-11(12(10)16-3)15-8-7-13-14-15/h4-9H,1-3H3. The van der Waals surface area contributed by atoms with E-state index in [1.807, 2.05) is 18.3 Å². The highest BCUT2D eigenvalue weighted by Gasteiger charge is 2.13. The molecule has 0 bridgehead atoms. The number of hydrogen-bond acceptors (Lipinski definition) is 3. The number of methoxy groups -OCH3 is 1. The summed E-state index contributed by atoms with van der Waals surface area (Å²) in [6.07, 6.45) is 3.46. The lowest BCUT2D eigenvalue weighted by Crippen LogP contribution is -2.02. The summed E-state index contributed by atoms with van der Waals surface area (Å²) in [5.74, 6) is 1.28. The Kier molecular flexibility index (Phi) is 2.90. The largest absolute Gasteiger partial charge is 0.494 e. The van der Waals surface area contributed by atoms with Crippen LogP contribution in [0.25, 0.3) is 5.69 Å². The van der Waals surface area contributed by atoms with E-state index in [9.17, 15) is 0 Å². The van der Waals surface area contributed by atoms with E-state index in [0.717, 1.165) is 11.4 Å². The Morgan fingerprint density at radius 1 is 1.31 bits per heavy atom. The maximum absolute atomic E-state index is 5.47. The number of para-hydroxylation sites is 1. The molecule has 0 unspecified atom stereocenters. The van der Waals surface area contributed by atoms with Crippen LogP contribution in [0.4, 0.5) is 0 Å². The van der Waals surface area contributed by atoms with Crippen LogP contribution in [0, 0.1) is 0 Å². The molecule has 0 N–H and O–H groups in total. The summed E-state index contributed by atoms with van der Waals surface area (Å²) < 4.78 is 7.19. The highest BCUT2D eigenvalue weighted by molar-refractivity contribution is 5.52. The molecule has 4 heteroatoms. The van der Waals surface area contributed by atoms with E-state index in [4.69, 9.17) is 4.74 Å². The number of aromatic nitrogens is 3. The average molecular weight is 217 g/mol. The lowest BCUT2D eigenvalue weighted by Gasteiger charge is -2.15. The minimum absolute atomic E-state index is 0.415. The highest BCUT2D eigenvalue weighted by Crippen LogP contribution is 2.31. The van der Waals surface area contributed by atoms with Crippen molar-refractivity contribution in [1.29, 1.82) is 0 Å². The topological polar surface area (TPSA) is 39.9 Å². The molecule has 0 spiro atoms. The lowest BCUT2D eigenvalue weighted by molar-refractivity contribution is 0.404. The van der Waals surface area contributed by atoms with E-state index in [2.05, 4.69) is 30.2 Å². The molecule has 0 atom stereocenters. The van der Waals surface area contributed by atoms with Crippen molar-refractivity contribution in [2.75, 3.05) is 7.11 Å². The third-order valence-corrected chi connectivity index (χ3v) is 2.52. The summed E-state index contributed by atoms with van der Waals surface area (Å²) in [5.41, 5.74) is 2.10. The van der Waals surface area contributed by atoms with Crippen molar-refractivity contribution >= 4 is 0 Å². The number of nitrogens with zero attached hydrogens (tertiary/aromatic N) is 3. The second kappa shape index (κ2) is 4.35. The molecule has 1 heterocycles. The maximum Gasteiger partial charge on any atom is 0.148 e. The van der Waals surface area contributed by atoms with E-state index >= 15 is 0 Å². The molecule has 0 aliphatic rings. The Labute approximate surface area is 94.9 Å². The van der Waals surface area contributed by atoms with Crippen molar-refractivity contribution in [2.24, 2.45) is 0 Å². The summed E-state index contributed by atoms with van der Waals surface area (Å²) in [6.45, 7) is 4.28. The zero-order valence-corrected chi connectivity index (χ0v) is 9.71. The summed E-state index contributed by atoms with van der Waals surface area (Å²) in [6, 6.07) is 6.05. The minimum Gasteiger partial charge on any atom is -0.494 e. The van der Waals surface area contributed by atoms with Crippen molar-refractivity contribution in [3.8, 4) is 11.4 Å². The Hall–Kier alpha value is -1.84. The number of rotatable bonds is 3. The second-order valence-electron chi connectivity index (χ2n) is 3.90. The molecule has 4 nitrogen and oxygen atoms in total. The van der Waals surface area contributed by atoms with Crippen LogP contribution in [-0.2, 0) is 0 Å². The molecule has 0 fully saturated rings. The molecule has 0 saturated heterocycles. The SMILES string of the molecule is COc1c(C(C)C)cccc1-n1ccnn1. The lowest BCUT2D eigenvalue weighted by atomic mass is 10.0. The van der Waals surface area contributed by atoms with Gasteiger partial charge in [0.05, 0.1) is 19.5 Å². The molecular formula is C12H15N3O. The molecule has 1 aromatic carbocycles. The summed E-state index contributed by atoms with van der Waals surface area (Å²) in [4.78, 5) is 0. The second-order valence-corrected chi connectivity index (χ2v) is 3.90. The van der Waals surface area contributed by atoms with E-state index in [0.29, 0.717) is 5.92 Å². The zero-order valence-electron chi connectivity index (χ0n) is 9.71. The molecule has 16 heavy (non-hydrogen) atoms. The molecule has 0 radical (unpaired) electrons. The van der Waals surface area contributed by atoms with Gasteiger partial charge < -0.3 is 4.74 Å². The Bertz CT molecular complexity index is 463. The van der Waals surface area contributed by atoms with Gasteiger partial charge in [-0.25, -0.2) is 4.68 Å². The first kappa shape index (κ1) is 10.7. The van der Waals surface area contributed by atoms with Crippen LogP contribution in [0.15, 0.2) is 30.6 Å². The molecular weight excluding hydrogens is 202 g/mol. The molecule has 84 valence electrons. The van der Waals surface area contributed by atoms with Crippen LogP contribution in [0.5, 0.6) is 5.75 Å². The fourth-order valence-corrected chi connectivity index (χ4v) is 1.74. The molecule has 1 aromatic heterocycles. The summed E-state index contributed by atoms with van der Waals surface area (Å²) in [5, 5.41) is 7.79. The van der Waals surface area contributed by atoms with E-state index in [1.54, 1.807) is 18.0 Å². The van der Waals surface area contributed by atoms with E-state index in [1.165, 1.54) is 5.56 Å². The van der Waals surface area contributed by atoms with Crippen LogP contribution in [-0.4, -0.2) is 22.1 Å². The number of hydrogen-bond donors (Lipinski definition) is 0. The van der Waals surface area contributed by atoms with Gasteiger partial charge in [0, 0.05) is 0 Å². The third kappa shape index (κ3) is 1.78. The number of benzene rings is 1. The highest BCUT2D eigenvalue weighted by atomic mass is 16.5. The Morgan fingerprint density at radius 3 is 2.69 bits per heavy atom. The Balaban J connectivity index is 2.58. The van der Waals surface area contributed by atoms with Crippen LogP contribution >= 0.6 is 0 Å². The van der Waals surface area contributed by atoms with Gasteiger partial charge in [-0.05, 0) is 17.5 Å². The summed E-state index contributed by atoms with van der Waals surface area (Å²) in [7, 11) is 1.68. The van der Waals surface area contributed by atoms with Crippen molar-refractivity contribution in [1.82, 2.24) is 15.0 Å². The van der Waals surface area contributed by atoms with Gasteiger partial charge >= 0.3 is 0 Å². The maximum atomic E-state index is 5.47. The van der Waals surface area contributed by atoms with Crippen LogP contribution in [0.1, 0.15) is 25.3 Å². The van der Waals surface area contributed by atoms with Crippen LogP contribution in [0.2, 0.25) is 0 Å². The van der Waals surface area contributed by atoms with Crippen molar-refractivity contribution < 1.29 is 4.74 Å². The molecule has 0 aliphatic heterocycles. The monoisotopic (exact) mass is 217 g/mol. The van der Waals surface area contributed by atoms with Gasteiger partial charge in [-0.3, -0.25) is 0 Å². The molecule has 0 aliphatic carbocycles. The minimum atomic E-state index is 0.415. The van der Waals surface area contributed by atoms with E-state index < -0.39 is 0 Å². The average Bonchev–Trinajstić information content (AvgIpc) is 2.81. The third-order valence-electron chi connectivity index (χ3n) is 2.52. The van der Waals surface area contributed by atoms with Crippen LogP contribution in [0.3, 0.4) is 0 Å². The van der Waals surface area contributed by atoms with Crippen LogP contribution < -0.4 is 4.74 Å². The summed E-state index contributed by atoms with van der Waals surface area (Å²) >= 11 is 0. The van der Waals surface area contributed by atoms with Gasteiger partial charge in [0.1, 0.15) is 11.4 Å². The molecule has 0 saturated carbocycles. The molecule has 0 amide bonds. The quantitative estimate of drug-likeness (QED) is 0.792. The zero-order chi connectivity index (χ0) is 11.5. The molecule has 2 aromatic rings. The van der Waals surface area contributed by atoms with Gasteiger partial charge in [-0.15, -0.1) is 5.10 Å². The fraction of sp³-hybridized carbons (Fsp3) is 0.333.